The van der Waals surface area contributed by atoms with E-state index in [1.807, 2.05) is 12.2 Å². The molecule has 0 aliphatic heterocycles. The van der Waals surface area contributed by atoms with Crippen LogP contribution in [-0.2, 0) is 23.3 Å². The third-order valence-corrected chi connectivity index (χ3v) is 3.45. The van der Waals surface area contributed by atoms with Crippen LogP contribution in [0.15, 0.2) is 60.7 Å². The molecule has 0 heterocycles. The SMILES string of the molecule is Cl.Cl.[C-]1=CC=CC1.[CH-]1CCCCC1.[CH3-].[Si]=[Zr].c1ccc2[cH-]ccc2c1. The largest absolute Gasteiger partial charge is 0.168 e. The van der Waals surface area contributed by atoms with Crippen molar-refractivity contribution >= 4 is 42.5 Å². The van der Waals surface area contributed by atoms with E-state index in [9.17, 15) is 0 Å². The van der Waals surface area contributed by atoms with Crippen molar-refractivity contribution in [3.8, 4) is 0 Å². The van der Waals surface area contributed by atoms with E-state index in [0.717, 1.165) is 6.42 Å². The van der Waals surface area contributed by atoms with Gasteiger partial charge < -0.3 is 13.8 Å². The van der Waals surface area contributed by atoms with E-state index < -0.39 is 0 Å². The normalized spacial score (nSPS) is 13.1. The van der Waals surface area contributed by atoms with Crippen molar-refractivity contribution in [2.75, 3.05) is 0 Å². The van der Waals surface area contributed by atoms with Crippen LogP contribution < -0.4 is 0 Å². The fraction of sp³-hybridized carbons (Fsp3) is 0.286. The zero-order valence-corrected chi connectivity index (χ0v) is 20.0. The third-order valence-electron chi connectivity index (χ3n) is 3.45. The van der Waals surface area contributed by atoms with Crippen molar-refractivity contribution in [1.82, 2.24) is 0 Å². The first kappa shape index (κ1) is 29.7. The molecule has 0 unspecified atom stereocenters. The summed E-state index contributed by atoms with van der Waals surface area (Å²) in [5.41, 5.74) is 0. The van der Waals surface area contributed by atoms with Gasteiger partial charge in [-0.1, -0.05) is 25.3 Å². The molecule has 0 aromatic heterocycles. The van der Waals surface area contributed by atoms with E-state index in [1.165, 1.54) is 66.2 Å². The van der Waals surface area contributed by atoms with Crippen LogP contribution in [0.1, 0.15) is 38.5 Å². The number of rotatable bonds is 0. The van der Waals surface area contributed by atoms with Crippen molar-refractivity contribution in [2.24, 2.45) is 0 Å². The van der Waals surface area contributed by atoms with Gasteiger partial charge in [-0.3, -0.25) is 6.08 Å². The van der Waals surface area contributed by atoms with Crippen molar-refractivity contribution in [3.05, 3.63) is 80.6 Å². The molecule has 2 radical (unpaired) electrons. The second-order valence-electron chi connectivity index (χ2n) is 5.08. The van der Waals surface area contributed by atoms with Gasteiger partial charge in [0.15, 0.2) is 0 Å². The molecule has 2 aromatic carbocycles. The smallest absolute Gasteiger partial charge is 0.0809 e. The zero-order valence-electron chi connectivity index (χ0n) is 14.9. The Bertz CT molecular complexity index is 508. The Hall–Kier alpha value is -0.0100. The number of hydrogen-bond acceptors (Lipinski definition) is 0. The fourth-order valence-corrected chi connectivity index (χ4v) is 2.31. The minimum absolute atomic E-state index is 0. The molecule has 0 amide bonds. The molecule has 0 atom stereocenters. The summed E-state index contributed by atoms with van der Waals surface area (Å²) in [6, 6.07) is 14.7. The molecule has 138 valence electrons. The summed E-state index contributed by atoms with van der Waals surface area (Å²) in [4.78, 5) is 0. The molecule has 0 bridgehead atoms. The number of fused-ring (bicyclic) bond motifs is 1. The Morgan fingerprint density at radius 2 is 1.64 bits per heavy atom. The quantitative estimate of drug-likeness (QED) is 0.289. The summed E-state index contributed by atoms with van der Waals surface area (Å²) in [5.74, 6) is 0. The summed E-state index contributed by atoms with van der Waals surface area (Å²) >= 11 is 1.36. The molecule has 25 heavy (non-hydrogen) atoms. The van der Waals surface area contributed by atoms with Crippen LogP contribution >= 0.6 is 24.8 Å². The molecule has 0 N–H and O–H groups in total. The summed E-state index contributed by atoms with van der Waals surface area (Å²) in [6.45, 7) is 3.06. The molecule has 2 aliphatic rings. The number of hydrogen-bond donors (Lipinski definition) is 0. The maximum Gasteiger partial charge on any atom is -0.0809 e. The summed E-state index contributed by atoms with van der Waals surface area (Å²) in [6.07, 6.45) is 19.5. The monoisotopic (exact) mass is 468 g/mol. The topological polar surface area (TPSA) is 0 Å². The predicted octanol–water partition coefficient (Wildman–Crippen LogP) is 6.93. The van der Waals surface area contributed by atoms with Gasteiger partial charge in [0.2, 0.25) is 0 Å². The van der Waals surface area contributed by atoms with Crippen LogP contribution in [0.2, 0.25) is 0 Å². The third kappa shape index (κ3) is 14.8. The first-order valence-electron chi connectivity index (χ1n) is 7.86. The minimum atomic E-state index is 0. The van der Waals surface area contributed by atoms with Gasteiger partial charge in [0.25, 0.3) is 0 Å². The van der Waals surface area contributed by atoms with Crippen molar-refractivity contribution < 1.29 is 23.3 Å². The molecule has 4 rings (SSSR count). The molecule has 2 aliphatic carbocycles. The van der Waals surface area contributed by atoms with Crippen molar-refractivity contribution in [1.29, 1.82) is 0 Å². The zero-order chi connectivity index (χ0) is 15.9. The van der Waals surface area contributed by atoms with Gasteiger partial charge >= 0.3 is 30.2 Å². The van der Waals surface area contributed by atoms with E-state index in [4.69, 9.17) is 0 Å². The van der Waals surface area contributed by atoms with Gasteiger partial charge in [0, 0.05) is 0 Å². The molecular weight excluding hydrogens is 442 g/mol. The van der Waals surface area contributed by atoms with Gasteiger partial charge in [-0.25, -0.2) is 12.2 Å². The van der Waals surface area contributed by atoms with Gasteiger partial charge in [-0.05, 0) is 0 Å². The first-order chi connectivity index (χ1) is 11.0. The Morgan fingerprint density at radius 3 is 2.04 bits per heavy atom. The van der Waals surface area contributed by atoms with Crippen LogP contribution in [-0.4, -0.2) is 6.88 Å². The molecule has 1 saturated carbocycles. The van der Waals surface area contributed by atoms with Gasteiger partial charge in [-0.15, -0.1) is 60.9 Å². The standard InChI is InChI=1S/C9H7.C6H11.C5H5.CH3.2ClH.Si.Zr/c1-2-5-9-7-3-6-8(9)4-1;1-2-4-6-5-3-1;1-2-4-5-3-1;;;;;/h1-7H;1H,2-6H2;1-3H,4H2;1H3;2*1H;;/q4*-1;;;;. The second kappa shape index (κ2) is 22.0. The van der Waals surface area contributed by atoms with Crippen molar-refractivity contribution in [2.45, 2.75) is 38.5 Å². The maximum absolute atomic E-state index is 3.06. The Labute approximate surface area is 183 Å². The molecule has 4 heteroatoms. The van der Waals surface area contributed by atoms with Crippen LogP contribution in [0.5, 0.6) is 0 Å². The summed E-state index contributed by atoms with van der Waals surface area (Å²) in [5, 5.41) is 2.66. The predicted molar refractivity (Wildman–Crippen MR) is 115 cm³/mol. The molecule has 2 aromatic rings. The van der Waals surface area contributed by atoms with E-state index in [2.05, 4.69) is 67.9 Å². The molecule has 0 spiro atoms. The minimum Gasteiger partial charge on any atom is -0.168 e. The van der Waals surface area contributed by atoms with Crippen LogP contribution in [0.25, 0.3) is 10.8 Å². The van der Waals surface area contributed by atoms with E-state index in [0.29, 0.717) is 0 Å². The second-order valence-corrected chi connectivity index (χ2v) is 5.08. The van der Waals surface area contributed by atoms with E-state index >= 15 is 0 Å². The van der Waals surface area contributed by atoms with Gasteiger partial charge in [0.1, 0.15) is 0 Å². The maximum atomic E-state index is 3.06. The number of allylic oxidation sites excluding steroid dienone is 4. The fourth-order valence-electron chi connectivity index (χ4n) is 2.31. The number of benzene rings is 1. The molecule has 0 saturated heterocycles. The average molecular weight is 471 g/mol. The number of halogens is 2. The van der Waals surface area contributed by atoms with Gasteiger partial charge in [0.05, 0.1) is 0 Å². The summed E-state index contributed by atoms with van der Waals surface area (Å²) in [7, 11) is 0. The molecular formula is C21H28Cl2SiZr-4. The van der Waals surface area contributed by atoms with E-state index in [1.54, 1.807) is 0 Å². The summed E-state index contributed by atoms with van der Waals surface area (Å²) < 4.78 is 0. The van der Waals surface area contributed by atoms with Crippen LogP contribution in [0.3, 0.4) is 0 Å². The Morgan fingerprint density at radius 1 is 0.960 bits per heavy atom. The van der Waals surface area contributed by atoms with E-state index in [-0.39, 0.29) is 32.2 Å². The molecule has 1 fully saturated rings. The Kier molecular flexibility index (Phi) is 26.2. The van der Waals surface area contributed by atoms with Crippen molar-refractivity contribution in [3.63, 3.8) is 0 Å². The Balaban J connectivity index is -0.000000272. The van der Waals surface area contributed by atoms with Gasteiger partial charge in [-0.2, -0.15) is 36.4 Å². The van der Waals surface area contributed by atoms with Crippen LogP contribution in [0, 0.1) is 19.9 Å². The van der Waals surface area contributed by atoms with Crippen LogP contribution in [0.4, 0.5) is 0 Å². The average Bonchev–Trinajstić information content (AvgIpc) is 3.33. The first-order valence-corrected chi connectivity index (χ1v) is 12.0. The molecule has 0 nitrogen and oxygen atoms in total.